The van der Waals surface area contributed by atoms with Gasteiger partial charge in [0, 0.05) is 63.6 Å². The average molecular weight is 675 g/mol. The quantitative estimate of drug-likeness (QED) is 0.187. The molecule has 0 radical (unpaired) electrons. The van der Waals surface area contributed by atoms with E-state index in [1.54, 1.807) is 29.4 Å². The van der Waals surface area contributed by atoms with Crippen molar-refractivity contribution in [3.05, 3.63) is 77.0 Å². The number of H-pyrrole nitrogens is 2. The highest BCUT2D eigenvalue weighted by molar-refractivity contribution is 5.90. The zero-order valence-electron chi connectivity index (χ0n) is 27.4. The number of pyridine rings is 2. The number of hydrogen-bond donors (Lipinski definition) is 3. The fourth-order valence-electron chi connectivity index (χ4n) is 6.46. The minimum absolute atomic E-state index is 0.0510. The van der Waals surface area contributed by atoms with Crippen LogP contribution in [0.1, 0.15) is 47.5 Å². The number of nitrogens with zero attached hydrogens (tertiary/aromatic N) is 7. The third-order valence-electron chi connectivity index (χ3n) is 9.16. The van der Waals surface area contributed by atoms with Gasteiger partial charge in [-0.25, -0.2) is 14.8 Å². The van der Waals surface area contributed by atoms with Crippen molar-refractivity contribution in [3.63, 3.8) is 0 Å². The number of urea groups is 1. The molecule has 15 heteroatoms. The Hall–Kier alpha value is -5.02. The van der Waals surface area contributed by atoms with E-state index < -0.39 is 17.8 Å². The lowest BCUT2D eigenvalue weighted by Gasteiger charge is -2.34. The average Bonchev–Trinajstić information content (AvgIpc) is 3.72. The number of likely N-dealkylation sites (N-methyl/N-ethyl adjacent to an activating group) is 1. The minimum Gasteiger partial charge on any atom is -0.455 e. The fraction of sp³-hybridized carbons (Fsp3) is 0.382. The number of carbonyl (C=O) groups is 1. The van der Waals surface area contributed by atoms with E-state index in [1.807, 2.05) is 37.9 Å². The van der Waals surface area contributed by atoms with Gasteiger partial charge < -0.3 is 24.8 Å². The van der Waals surface area contributed by atoms with Crippen molar-refractivity contribution >= 4 is 22.8 Å². The highest BCUT2D eigenvalue weighted by Crippen LogP contribution is 2.37. The van der Waals surface area contributed by atoms with E-state index in [0.717, 1.165) is 42.2 Å². The Morgan fingerprint density at radius 1 is 1.10 bits per heavy atom. The number of aromatic amines is 2. The van der Waals surface area contributed by atoms with E-state index in [9.17, 15) is 18.0 Å². The molecule has 1 saturated heterocycles. The van der Waals surface area contributed by atoms with Gasteiger partial charge in [-0.05, 0) is 61.9 Å². The Morgan fingerprint density at radius 3 is 2.65 bits per heavy atom. The predicted molar refractivity (Wildman–Crippen MR) is 177 cm³/mol. The Labute approximate surface area is 280 Å². The number of nitrogens with one attached hydrogen (secondary N) is 3. The third-order valence-corrected chi connectivity index (χ3v) is 9.16. The minimum atomic E-state index is -4.56. The second kappa shape index (κ2) is 13.1. The fourth-order valence-corrected chi connectivity index (χ4v) is 6.46. The molecule has 5 aromatic rings. The first-order valence-electron chi connectivity index (χ1n) is 16.2. The standard InChI is InChI=1S/C34H37F3N10O2/c1-4-21-18-47(33(48)41-24-6-5-22(27(14-24)34(35,36)37)17-46-11-9-45(3)10-12-46)19-23-13-25(16-39-30(21)23)49-29-7-8-38-31-26(29)15-28(42-31)32-40-20(2)43-44-32/h5-8,13-16,21H,4,9-12,17-19H2,1-3H3,(H,38,42)(H,41,48)(H,40,43,44)/t21-/m0/s1. The summed E-state index contributed by atoms with van der Waals surface area (Å²) in [6, 6.07) is 9.06. The van der Waals surface area contributed by atoms with Crippen LogP contribution in [0.5, 0.6) is 11.5 Å². The van der Waals surface area contributed by atoms with Gasteiger partial charge in [-0.2, -0.15) is 18.3 Å². The number of rotatable bonds is 7. The van der Waals surface area contributed by atoms with Crippen molar-refractivity contribution in [2.45, 2.75) is 45.5 Å². The van der Waals surface area contributed by atoms with Gasteiger partial charge >= 0.3 is 12.2 Å². The molecule has 0 aliphatic carbocycles. The van der Waals surface area contributed by atoms with Crippen LogP contribution in [0.15, 0.2) is 48.8 Å². The van der Waals surface area contributed by atoms with E-state index in [4.69, 9.17) is 9.72 Å². The lowest BCUT2D eigenvalue weighted by molar-refractivity contribution is -0.138. The molecule has 1 fully saturated rings. The number of fused-ring (bicyclic) bond motifs is 2. The summed E-state index contributed by atoms with van der Waals surface area (Å²) >= 11 is 0. The van der Waals surface area contributed by atoms with Crippen molar-refractivity contribution in [1.82, 2.24) is 44.8 Å². The van der Waals surface area contributed by atoms with Crippen molar-refractivity contribution in [3.8, 4) is 23.0 Å². The number of piperazine rings is 1. The van der Waals surface area contributed by atoms with Gasteiger partial charge in [0.25, 0.3) is 0 Å². The van der Waals surface area contributed by atoms with Crippen molar-refractivity contribution in [2.24, 2.45) is 0 Å². The molecule has 3 N–H and O–H groups in total. The summed E-state index contributed by atoms with van der Waals surface area (Å²) in [5.74, 6) is 2.18. The molecule has 0 unspecified atom stereocenters. The molecular weight excluding hydrogens is 637 g/mol. The van der Waals surface area contributed by atoms with Crippen LogP contribution >= 0.6 is 0 Å². The number of aromatic nitrogens is 6. The van der Waals surface area contributed by atoms with Crippen LogP contribution in [-0.4, -0.2) is 90.6 Å². The lowest BCUT2D eigenvalue weighted by atomic mass is 9.92. The first-order valence-corrected chi connectivity index (χ1v) is 16.2. The highest BCUT2D eigenvalue weighted by Gasteiger charge is 2.35. The van der Waals surface area contributed by atoms with Gasteiger partial charge in [0.05, 0.1) is 28.5 Å². The van der Waals surface area contributed by atoms with Gasteiger partial charge in [-0.3, -0.25) is 15.0 Å². The van der Waals surface area contributed by atoms with Gasteiger partial charge in [-0.1, -0.05) is 13.0 Å². The number of alkyl halides is 3. The van der Waals surface area contributed by atoms with Crippen LogP contribution in [0, 0.1) is 6.92 Å². The van der Waals surface area contributed by atoms with E-state index in [-0.39, 0.29) is 30.3 Å². The highest BCUT2D eigenvalue weighted by atomic mass is 19.4. The summed E-state index contributed by atoms with van der Waals surface area (Å²) in [6.07, 6.45) is -0.534. The van der Waals surface area contributed by atoms with E-state index in [1.165, 1.54) is 6.07 Å². The van der Waals surface area contributed by atoms with E-state index in [0.29, 0.717) is 54.1 Å². The molecular formula is C34H37F3N10O2. The van der Waals surface area contributed by atoms with Crippen molar-refractivity contribution < 1.29 is 22.7 Å². The molecule has 2 aliphatic rings. The molecule has 0 saturated carbocycles. The van der Waals surface area contributed by atoms with Crippen LogP contribution in [0.3, 0.4) is 0 Å². The monoisotopic (exact) mass is 674 g/mol. The molecule has 0 bridgehead atoms. The van der Waals surface area contributed by atoms with E-state index in [2.05, 4.69) is 35.4 Å². The molecule has 12 nitrogen and oxygen atoms in total. The summed E-state index contributed by atoms with van der Waals surface area (Å²) in [4.78, 5) is 36.0. The first kappa shape index (κ1) is 32.5. The second-order valence-corrected chi connectivity index (χ2v) is 12.7. The van der Waals surface area contributed by atoms with Crippen LogP contribution in [0.4, 0.5) is 23.7 Å². The van der Waals surface area contributed by atoms with E-state index >= 15 is 0 Å². The van der Waals surface area contributed by atoms with Crippen molar-refractivity contribution in [2.75, 3.05) is 45.1 Å². The zero-order valence-corrected chi connectivity index (χ0v) is 27.4. The van der Waals surface area contributed by atoms with Gasteiger partial charge in [0.2, 0.25) is 0 Å². The normalized spacial score (nSPS) is 17.3. The Balaban J connectivity index is 1.08. The molecule has 1 atom stereocenters. The van der Waals surface area contributed by atoms with Crippen molar-refractivity contribution in [1.29, 1.82) is 0 Å². The maximum Gasteiger partial charge on any atom is 0.416 e. The largest absolute Gasteiger partial charge is 0.455 e. The van der Waals surface area contributed by atoms with Crippen LogP contribution in [0.25, 0.3) is 22.6 Å². The van der Waals surface area contributed by atoms with Crippen LogP contribution in [-0.2, 0) is 19.3 Å². The van der Waals surface area contributed by atoms with Gasteiger partial charge in [-0.15, -0.1) is 0 Å². The maximum atomic E-state index is 14.2. The first-order chi connectivity index (χ1) is 23.5. The second-order valence-electron chi connectivity index (χ2n) is 12.7. The molecule has 7 rings (SSSR count). The summed E-state index contributed by atoms with van der Waals surface area (Å²) < 4.78 is 48.8. The van der Waals surface area contributed by atoms with Crippen LogP contribution < -0.4 is 10.1 Å². The Morgan fingerprint density at radius 2 is 1.92 bits per heavy atom. The molecule has 2 amide bonds. The van der Waals surface area contributed by atoms with Gasteiger partial charge in [0.15, 0.2) is 5.82 Å². The maximum absolute atomic E-state index is 14.2. The Kier molecular flexibility index (Phi) is 8.71. The number of hydrogen-bond acceptors (Lipinski definition) is 8. The number of amides is 2. The lowest BCUT2D eigenvalue weighted by Crippen LogP contribution is -2.44. The third kappa shape index (κ3) is 6.94. The molecule has 1 aromatic carbocycles. The summed E-state index contributed by atoms with van der Waals surface area (Å²) in [6.45, 7) is 7.66. The smallest absolute Gasteiger partial charge is 0.416 e. The number of halogens is 3. The number of aryl methyl sites for hydroxylation is 1. The number of benzene rings is 1. The summed E-state index contributed by atoms with van der Waals surface area (Å²) in [7, 11) is 2.00. The molecule has 4 aromatic heterocycles. The zero-order chi connectivity index (χ0) is 34.3. The summed E-state index contributed by atoms with van der Waals surface area (Å²) in [5, 5.41) is 10.5. The molecule has 256 valence electrons. The topological polar surface area (TPSA) is 131 Å². The molecule has 6 heterocycles. The number of ether oxygens (including phenoxy) is 1. The SMILES string of the molecule is CC[C@H]1CN(C(=O)Nc2ccc(CN3CCN(C)CC3)c(C(F)(F)F)c2)Cc2cc(Oc3ccnc4[nH]c(-c5n[nH]c(C)n5)cc34)cnc21. The predicted octanol–water partition coefficient (Wildman–Crippen LogP) is 6.15. The summed E-state index contributed by atoms with van der Waals surface area (Å²) in [5.41, 5.74) is 2.53. The number of anilines is 1. The molecule has 49 heavy (non-hydrogen) atoms. The molecule has 0 spiro atoms. The number of carbonyl (C=O) groups excluding carboxylic acids is 1. The Bertz CT molecular complexity index is 1980. The van der Waals surface area contributed by atoms with Crippen LogP contribution in [0.2, 0.25) is 0 Å². The van der Waals surface area contributed by atoms with Gasteiger partial charge in [0.1, 0.15) is 23.0 Å². The molecule has 2 aliphatic heterocycles.